The minimum Gasteiger partial charge on any atom is -0.381 e. The van der Waals surface area contributed by atoms with E-state index in [4.69, 9.17) is 4.74 Å². The van der Waals surface area contributed by atoms with Gasteiger partial charge in [-0.2, -0.15) is 0 Å². The average Bonchev–Trinajstić information content (AvgIpc) is 2.77. The van der Waals surface area contributed by atoms with Crippen molar-refractivity contribution in [3.8, 4) is 0 Å². The highest BCUT2D eigenvalue weighted by atomic mass is 35.5. The van der Waals surface area contributed by atoms with Gasteiger partial charge < -0.3 is 14.5 Å². The van der Waals surface area contributed by atoms with E-state index in [1.165, 1.54) is 43.0 Å². The number of anilines is 2. The zero-order valence-corrected chi connectivity index (χ0v) is 24.2. The van der Waals surface area contributed by atoms with Gasteiger partial charge in [-0.25, -0.2) is 0 Å². The predicted octanol–water partition coefficient (Wildman–Crippen LogP) is 6.73. The summed E-state index contributed by atoms with van der Waals surface area (Å²) in [5.74, 6) is 0.737. The van der Waals surface area contributed by atoms with Gasteiger partial charge in [0.1, 0.15) is 0 Å². The highest BCUT2D eigenvalue weighted by Crippen LogP contribution is 2.49. The monoisotopic (exact) mass is 503 g/mol. The summed E-state index contributed by atoms with van der Waals surface area (Å²) in [4.78, 5) is 7.87. The van der Waals surface area contributed by atoms with Crippen LogP contribution >= 0.6 is 12.4 Å². The second-order valence-corrected chi connectivity index (χ2v) is 13.0. The molecule has 1 aromatic carbocycles. The molecule has 35 heavy (non-hydrogen) atoms. The number of benzene rings is 1. The fourth-order valence-corrected chi connectivity index (χ4v) is 6.85. The molecule has 5 heteroatoms. The second-order valence-electron chi connectivity index (χ2n) is 13.0. The maximum atomic E-state index is 5.62. The molecular formula is C30H50ClN3O. The van der Waals surface area contributed by atoms with Gasteiger partial charge in [0, 0.05) is 69.9 Å². The number of ether oxygens (including phenoxy) is 1. The van der Waals surface area contributed by atoms with Crippen molar-refractivity contribution in [2.45, 2.75) is 73.3 Å². The summed E-state index contributed by atoms with van der Waals surface area (Å²) in [6.45, 7) is 22.4. The summed E-state index contributed by atoms with van der Waals surface area (Å²) in [5, 5.41) is 0. The molecule has 2 aliphatic heterocycles. The van der Waals surface area contributed by atoms with Crippen molar-refractivity contribution in [2.75, 3.05) is 62.7 Å². The number of methoxy groups -OCH3 is 1. The summed E-state index contributed by atoms with van der Waals surface area (Å²) in [7, 11) is 1.85. The van der Waals surface area contributed by atoms with Crippen LogP contribution in [-0.4, -0.2) is 63.9 Å². The standard InChI is InChI=1S/C30H49N3O.ClH/c1-23(2)21-31-14-16-33(17-15-31)28-9-8-25(32-12-10-26(34-7)11-13-32)18-27(28)24-19-29(3,4)22-30(5,6)20-24;/h8-9,18-19,23,26H,10-17,20-22H2,1-7H3;1H. The topological polar surface area (TPSA) is 19.0 Å². The molecule has 0 amide bonds. The molecule has 3 aliphatic rings. The molecule has 0 bridgehead atoms. The molecular weight excluding hydrogens is 454 g/mol. The van der Waals surface area contributed by atoms with Gasteiger partial charge >= 0.3 is 0 Å². The van der Waals surface area contributed by atoms with E-state index >= 15 is 0 Å². The minimum atomic E-state index is 0. The van der Waals surface area contributed by atoms with E-state index in [9.17, 15) is 0 Å². The Morgan fingerprint density at radius 2 is 1.60 bits per heavy atom. The molecule has 0 saturated carbocycles. The molecule has 0 atom stereocenters. The number of halogens is 1. The maximum absolute atomic E-state index is 5.62. The van der Waals surface area contributed by atoms with Crippen molar-refractivity contribution < 1.29 is 4.74 Å². The quantitative estimate of drug-likeness (QED) is 0.428. The third-order valence-electron chi connectivity index (χ3n) is 7.97. The second kappa shape index (κ2) is 11.4. The molecule has 0 N–H and O–H groups in total. The van der Waals surface area contributed by atoms with Crippen molar-refractivity contribution in [1.82, 2.24) is 4.90 Å². The number of hydrogen-bond acceptors (Lipinski definition) is 4. The number of nitrogens with zero attached hydrogens (tertiary/aromatic N) is 3. The molecule has 2 fully saturated rings. The van der Waals surface area contributed by atoms with Gasteiger partial charge in [-0.3, -0.25) is 4.90 Å². The highest BCUT2D eigenvalue weighted by molar-refractivity contribution is 5.85. The largest absolute Gasteiger partial charge is 0.381 e. The van der Waals surface area contributed by atoms with Crippen LogP contribution < -0.4 is 9.80 Å². The normalized spacial score (nSPS) is 23.3. The molecule has 0 spiro atoms. The Morgan fingerprint density at radius 3 is 2.17 bits per heavy atom. The summed E-state index contributed by atoms with van der Waals surface area (Å²) < 4.78 is 5.62. The lowest BCUT2D eigenvalue weighted by Gasteiger charge is -2.42. The summed E-state index contributed by atoms with van der Waals surface area (Å²) in [6, 6.07) is 7.33. The SMILES string of the molecule is COC1CCN(c2ccc(N3CCN(CC(C)C)CC3)c(C3=CC(C)(C)CC(C)(C)C3)c2)CC1.Cl. The first kappa shape index (κ1) is 28.3. The van der Waals surface area contributed by atoms with Gasteiger partial charge in [0.05, 0.1) is 6.10 Å². The first-order valence-electron chi connectivity index (χ1n) is 13.7. The smallest absolute Gasteiger partial charge is 0.0605 e. The number of hydrogen-bond donors (Lipinski definition) is 0. The lowest BCUT2D eigenvalue weighted by atomic mass is 9.65. The van der Waals surface area contributed by atoms with E-state index < -0.39 is 0 Å². The molecule has 1 aliphatic carbocycles. The molecule has 2 heterocycles. The van der Waals surface area contributed by atoms with Gasteiger partial charge in [-0.05, 0) is 66.2 Å². The lowest BCUT2D eigenvalue weighted by Crippen LogP contribution is -2.47. The van der Waals surface area contributed by atoms with E-state index in [2.05, 4.69) is 80.5 Å². The molecule has 4 rings (SSSR count). The van der Waals surface area contributed by atoms with Crippen molar-refractivity contribution in [3.05, 3.63) is 29.8 Å². The van der Waals surface area contributed by atoms with Crippen LogP contribution in [0.25, 0.3) is 5.57 Å². The lowest BCUT2D eigenvalue weighted by molar-refractivity contribution is 0.0819. The highest BCUT2D eigenvalue weighted by Gasteiger charge is 2.35. The van der Waals surface area contributed by atoms with E-state index in [0.29, 0.717) is 11.5 Å². The maximum Gasteiger partial charge on any atom is 0.0605 e. The van der Waals surface area contributed by atoms with Crippen molar-refractivity contribution >= 4 is 29.4 Å². The molecule has 198 valence electrons. The Bertz CT molecular complexity index is 862. The Balaban J connectivity index is 0.00000342. The van der Waals surface area contributed by atoms with Crippen molar-refractivity contribution in [3.63, 3.8) is 0 Å². The van der Waals surface area contributed by atoms with Crippen LogP contribution in [0, 0.1) is 16.7 Å². The number of piperazine rings is 1. The van der Waals surface area contributed by atoms with Gasteiger partial charge in [-0.1, -0.05) is 47.6 Å². The van der Waals surface area contributed by atoms with E-state index in [1.54, 1.807) is 5.57 Å². The number of allylic oxidation sites excluding steroid dienone is 2. The van der Waals surface area contributed by atoms with Crippen LogP contribution in [0.3, 0.4) is 0 Å². The van der Waals surface area contributed by atoms with Gasteiger partial charge in [0.2, 0.25) is 0 Å². The Kier molecular flexibility index (Phi) is 9.26. The van der Waals surface area contributed by atoms with Crippen LogP contribution in [0.4, 0.5) is 11.4 Å². The Morgan fingerprint density at radius 1 is 0.943 bits per heavy atom. The average molecular weight is 504 g/mol. The summed E-state index contributed by atoms with van der Waals surface area (Å²) in [6.07, 6.45) is 7.65. The fourth-order valence-electron chi connectivity index (χ4n) is 6.85. The third-order valence-corrected chi connectivity index (χ3v) is 7.97. The van der Waals surface area contributed by atoms with E-state index in [0.717, 1.165) is 51.4 Å². The minimum absolute atomic E-state index is 0. The molecule has 4 nitrogen and oxygen atoms in total. The van der Waals surface area contributed by atoms with Crippen molar-refractivity contribution in [2.24, 2.45) is 16.7 Å². The van der Waals surface area contributed by atoms with Crippen LogP contribution in [0.5, 0.6) is 0 Å². The summed E-state index contributed by atoms with van der Waals surface area (Å²) in [5.41, 5.74) is 6.41. The predicted molar refractivity (Wildman–Crippen MR) is 154 cm³/mol. The van der Waals surface area contributed by atoms with Crippen LogP contribution in [0.15, 0.2) is 24.3 Å². The Hall–Kier alpha value is -1.23. The van der Waals surface area contributed by atoms with E-state index in [1.807, 2.05) is 7.11 Å². The van der Waals surface area contributed by atoms with Gasteiger partial charge in [0.25, 0.3) is 0 Å². The first-order chi connectivity index (χ1) is 16.0. The molecule has 2 saturated heterocycles. The fraction of sp³-hybridized carbons (Fsp3) is 0.733. The molecule has 0 radical (unpaired) electrons. The van der Waals surface area contributed by atoms with Gasteiger partial charge in [0.15, 0.2) is 0 Å². The first-order valence-corrected chi connectivity index (χ1v) is 13.7. The van der Waals surface area contributed by atoms with Crippen LogP contribution in [-0.2, 0) is 4.74 Å². The van der Waals surface area contributed by atoms with Gasteiger partial charge in [-0.15, -0.1) is 12.4 Å². The molecule has 1 aromatic rings. The van der Waals surface area contributed by atoms with E-state index in [-0.39, 0.29) is 17.8 Å². The van der Waals surface area contributed by atoms with Crippen LogP contribution in [0.2, 0.25) is 0 Å². The van der Waals surface area contributed by atoms with Crippen molar-refractivity contribution in [1.29, 1.82) is 0 Å². The number of piperidine rings is 1. The third kappa shape index (κ3) is 7.17. The Labute approximate surface area is 221 Å². The number of rotatable bonds is 6. The zero-order chi connectivity index (χ0) is 24.5. The van der Waals surface area contributed by atoms with Crippen LogP contribution in [0.1, 0.15) is 72.8 Å². The summed E-state index contributed by atoms with van der Waals surface area (Å²) >= 11 is 0. The zero-order valence-electron chi connectivity index (χ0n) is 23.4. The molecule has 0 aromatic heterocycles. The molecule has 0 unspecified atom stereocenters.